The SMILES string of the molecule is Cc1ccc(N2C(=NC(=O)[C@H](Cc3ccccc3)NC(=O)OC(C)(C)C)S[C@H]3CS(=O)(=O)C[C@@H]32)cc1F. The first kappa shape index (κ1) is 27.1. The number of aliphatic imine (C=N–C) groups is 1. The molecule has 0 spiro atoms. The van der Waals surface area contributed by atoms with Gasteiger partial charge >= 0.3 is 6.09 Å². The average molecular weight is 548 g/mol. The number of anilines is 1. The number of rotatable bonds is 5. The number of nitrogens with one attached hydrogen (secondary N) is 1. The van der Waals surface area contributed by atoms with Crippen LogP contribution in [0.2, 0.25) is 0 Å². The van der Waals surface area contributed by atoms with Crippen molar-refractivity contribution in [2.24, 2.45) is 4.99 Å². The Bertz CT molecular complexity index is 1330. The van der Waals surface area contributed by atoms with Crippen LogP contribution in [0.25, 0.3) is 0 Å². The molecule has 2 saturated heterocycles. The van der Waals surface area contributed by atoms with Crippen molar-refractivity contribution in [2.75, 3.05) is 16.4 Å². The molecule has 37 heavy (non-hydrogen) atoms. The smallest absolute Gasteiger partial charge is 0.408 e. The number of amidine groups is 1. The molecular weight excluding hydrogens is 517 g/mol. The van der Waals surface area contributed by atoms with Gasteiger partial charge in [0, 0.05) is 17.4 Å². The quantitative estimate of drug-likeness (QED) is 0.606. The Morgan fingerprint density at radius 1 is 1.19 bits per heavy atom. The first-order chi connectivity index (χ1) is 17.3. The highest BCUT2D eigenvalue weighted by Crippen LogP contribution is 2.41. The number of hydrogen-bond donors (Lipinski definition) is 1. The average Bonchev–Trinajstić information content (AvgIpc) is 3.25. The van der Waals surface area contributed by atoms with Gasteiger partial charge in [-0.25, -0.2) is 17.6 Å². The van der Waals surface area contributed by atoms with Gasteiger partial charge in [-0.1, -0.05) is 48.2 Å². The van der Waals surface area contributed by atoms with E-state index in [0.29, 0.717) is 11.3 Å². The zero-order chi connectivity index (χ0) is 27.0. The number of carbonyl (C=O) groups excluding carboxylic acids is 2. The van der Waals surface area contributed by atoms with Crippen molar-refractivity contribution >= 4 is 44.5 Å². The molecule has 0 unspecified atom stereocenters. The molecule has 2 aliphatic heterocycles. The minimum absolute atomic E-state index is 0.0516. The summed E-state index contributed by atoms with van der Waals surface area (Å²) in [6.45, 7) is 6.81. The van der Waals surface area contributed by atoms with Crippen LogP contribution in [0.1, 0.15) is 31.9 Å². The molecule has 0 aromatic heterocycles. The maximum Gasteiger partial charge on any atom is 0.408 e. The van der Waals surface area contributed by atoms with Crippen molar-refractivity contribution in [3.8, 4) is 0 Å². The van der Waals surface area contributed by atoms with Gasteiger partial charge in [0.1, 0.15) is 17.5 Å². The Morgan fingerprint density at radius 2 is 1.89 bits per heavy atom. The van der Waals surface area contributed by atoms with Crippen molar-refractivity contribution in [1.82, 2.24) is 5.32 Å². The van der Waals surface area contributed by atoms with Gasteiger partial charge in [0.2, 0.25) is 0 Å². The first-order valence-corrected chi connectivity index (χ1v) is 14.6. The van der Waals surface area contributed by atoms with E-state index < -0.39 is 45.3 Å². The standard InChI is InChI=1S/C26H30FN3O5S2/c1-16-10-11-18(13-19(16)27)30-21-14-37(33,34)15-22(21)36-24(30)29-23(31)20(12-17-8-6-5-7-9-17)28-25(32)35-26(2,3)4/h5-11,13,20-22H,12,14-15H2,1-4H3,(H,28,32)/t20-,21-,22-/m0/s1. The van der Waals surface area contributed by atoms with Gasteiger partial charge in [-0.3, -0.25) is 4.79 Å². The Labute approximate surface area is 220 Å². The van der Waals surface area contributed by atoms with Crippen LogP contribution in [0.4, 0.5) is 14.9 Å². The van der Waals surface area contributed by atoms with E-state index in [1.54, 1.807) is 44.7 Å². The van der Waals surface area contributed by atoms with Gasteiger partial charge in [0.05, 0.1) is 17.5 Å². The van der Waals surface area contributed by atoms with Gasteiger partial charge in [0.15, 0.2) is 15.0 Å². The lowest BCUT2D eigenvalue weighted by Crippen LogP contribution is -2.45. The lowest BCUT2D eigenvalue weighted by atomic mass is 10.1. The molecule has 198 valence electrons. The Balaban J connectivity index is 1.66. The zero-order valence-corrected chi connectivity index (χ0v) is 22.7. The predicted octanol–water partition coefficient (Wildman–Crippen LogP) is 3.87. The highest BCUT2D eigenvalue weighted by molar-refractivity contribution is 8.16. The molecule has 0 saturated carbocycles. The number of thioether (sulfide) groups is 1. The largest absolute Gasteiger partial charge is 0.444 e. The lowest BCUT2D eigenvalue weighted by molar-refractivity contribution is -0.119. The Kier molecular flexibility index (Phi) is 7.66. The number of benzene rings is 2. The van der Waals surface area contributed by atoms with Crippen LogP contribution in [0.3, 0.4) is 0 Å². The van der Waals surface area contributed by atoms with Gasteiger partial charge in [0.25, 0.3) is 5.91 Å². The molecule has 2 amide bonds. The molecule has 3 atom stereocenters. The van der Waals surface area contributed by atoms with E-state index in [4.69, 9.17) is 4.74 Å². The third kappa shape index (κ3) is 6.70. The monoisotopic (exact) mass is 547 g/mol. The van der Waals surface area contributed by atoms with Crippen molar-refractivity contribution in [3.63, 3.8) is 0 Å². The second kappa shape index (κ2) is 10.4. The van der Waals surface area contributed by atoms with E-state index in [2.05, 4.69) is 10.3 Å². The fourth-order valence-corrected chi connectivity index (χ4v) is 8.19. The minimum atomic E-state index is -3.28. The molecule has 2 aliphatic rings. The van der Waals surface area contributed by atoms with Crippen LogP contribution in [0, 0.1) is 12.7 Å². The van der Waals surface area contributed by atoms with Crippen molar-refractivity contribution in [3.05, 3.63) is 65.5 Å². The molecule has 2 aromatic carbocycles. The molecule has 4 rings (SSSR count). The third-order valence-corrected chi connectivity index (χ3v) is 9.19. The van der Waals surface area contributed by atoms with Gasteiger partial charge in [-0.15, -0.1) is 0 Å². The van der Waals surface area contributed by atoms with Crippen LogP contribution < -0.4 is 10.2 Å². The summed E-state index contributed by atoms with van der Waals surface area (Å²) >= 11 is 1.19. The summed E-state index contributed by atoms with van der Waals surface area (Å²) in [4.78, 5) is 32.0. The molecule has 0 radical (unpaired) electrons. The number of fused-ring (bicyclic) bond motifs is 1. The predicted molar refractivity (Wildman–Crippen MR) is 143 cm³/mol. The molecule has 8 nitrogen and oxygen atoms in total. The third-order valence-electron chi connectivity index (χ3n) is 5.98. The van der Waals surface area contributed by atoms with Crippen molar-refractivity contribution < 1.29 is 27.1 Å². The fourth-order valence-electron chi connectivity index (χ4n) is 4.27. The number of ether oxygens (including phenoxy) is 1. The van der Waals surface area contributed by atoms with Crippen LogP contribution in [0.15, 0.2) is 53.5 Å². The maximum absolute atomic E-state index is 14.4. The zero-order valence-electron chi connectivity index (χ0n) is 21.1. The van der Waals surface area contributed by atoms with E-state index in [-0.39, 0.29) is 28.3 Å². The van der Waals surface area contributed by atoms with Crippen LogP contribution in [-0.4, -0.2) is 60.0 Å². The maximum atomic E-state index is 14.4. The summed E-state index contributed by atoms with van der Waals surface area (Å²) in [5, 5.41) is 2.57. The van der Waals surface area contributed by atoms with E-state index >= 15 is 0 Å². The topological polar surface area (TPSA) is 105 Å². The highest BCUT2D eigenvalue weighted by Gasteiger charge is 2.49. The van der Waals surface area contributed by atoms with Crippen molar-refractivity contribution in [2.45, 2.75) is 57.1 Å². The molecule has 2 heterocycles. The number of halogens is 1. The Morgan fingerprint density at radius 3 is 2.54 bits per heavy atom. The van der Waals surface area contributed by atoms with E-state index in [0.717, 1.165) is 5.56 Å². The number of alkyl carbamates (subject to hydrolysis) is 1. The van der Waals surface area contributed by atoms with E-state index in [1.807, 2.05) is 30.3 Å². The van der Waals surface area contributed by atoms with Gasteiger partial charge in [-0.2, -0.15) is 4.99 Å². The number of carbonyl (C=O) groups is 2. The second-order valence-electron chi connectivity index (χ2n) is 10.2. The van der Waals surface area contributed by atoms with Crippen molar-refractivity contribution in [1.29, 1.82) is 0 Å². The van der Waals surface area contributed by atoms with Gasteiger partial charge in [-0.05, 0) is 51.0 Å². The number of sulfone groups is 1. The van der Waals surface area contributed by atoms with Crippen LogP contribution in [-0.2, 0) is 25.8 Å². The molecule has 2 fully saturated rings. The molecule has 0 aliphatic carbocycles. The summed E-state index contributed by atoms with van der Waals surface area (Å²) < 4.78 is 44.5. The lowest BCUT2D eigenvalue weighted by Gasteiger charge is -2.25. The molecule has 2 aromatic rings. The number of nitrogens with zero attached hydrogens (tertiary/aromatic N) is 2. The Hall–Kier alpha value is -2.92. The summed E-state index contributed by atoms with van der Waals surface area (Å²) in [6.07, 6.45) is -0.567. The molecule has 1 N–H and O–H groups in total. The fraction of sp³-hybridized carbons (Fsp3) is 0.423. The van der Waals surface area contributed by atoms with Gasteiger partial charge < -0.3 is 15.0 Å². The molecule has 0 bridgehead atoms. The summed E-state index contributed by atoms with van der Waals surface area (Å²) in [5.41, 5.74) is 0.931. The minimum Gasteiger partial charge on any atom is -0.444 e. The highest BCUT2D eigenvalue weighted by atomic mass is 32.2. The van der Waals surface area contributed by atoms with E-state index in [9.17, 15) is 22.4 Å². The summed E-state index contributed by atoms with van der Waals surface area (Å²) in [5.74, 6) is -1.22. The first-order valence-electron chi connectivity index (χ1n) is 11.9. The summed E-state index contributed by atoms with van der Waals surface area (Å²) in [6, 6.07) is 12.3. The molecular formula is C26H30FN3O5S2. The van der Waals surface area contributed by atoms with E-state index in [1.165, 1.54) is 17.8 Å². The number of aryl methyl sites for hydroxylation is 1. The second-order valence-corrected chi connectivity index (χ2v) is 13.6. The number of amides is 2. The van der Waals surface area contributed by atoms with Crippen LogP contribution >= 0.6 is 11.8 Å². The normalized spacial score (nSPS) is 22.5. The molecule has 11 heteroatoms. The number of hydrogen-bond acceptors (Lipinski definition) is 6. The summed E-state index contributed by atoms with van der Waals surface area (Å²) in [7, 11) is -3.28. The van der Waals surface area contributed by atoms with Crippen LogP contribution in [0.5, 0.6) is 0 Å².